The van der Waals surface area contributed by atoms with Gasteiger partial charge >= 0.3 is 0 Å². The maximum Gasteiger partial charge on any atom is 0.165 e. The average molecular weight is 163 g/mol. The molecule has 0 aliphatic heterocycles. The van der Waals surface area contributed by atoms with Crippen LogP contribution < -0.4 is 0 Å². The smallest absolute Gasteiger partial charge is 0.165 e. The zero-order valence-electron chi connectivity index (χ0n) is 5.60. The average Bonchev–Trinajstić information content (AvgIpc) is 2.43. The van der Waals surface area contributed by atoms with Crippen molar-refractivity contribution in [2.45, 2.75) is 19.5 Å². The number of hydrogen-bond acceptors (Lipinski definition) is 1. The first-order valence-electron chi connectivity index (χ1n) is 3.06. The van der Waals surface area contributed by atoms with Crippen LogP contribution in [0.5, 0.6) is 0 Å². The summed E-state index contributed by atoms with van der Waals surface area (Å²) >= 11 is 5.15. The summed E-state index contributed by atoms with van der Waals surface area (Å²) in [5.74, 6) is -0.213. The van der Waals surface area contributed by atoms with Crippen LogP contribution in [0.2, 0.25) is 0 Å². The molecule has 0 aromatic heterocycles. The minimum Gasteiger partial charge on any atom is -0.294 e. The Balaban J connectivity index is 2.59. The molecule has 1 saturated carbocycles. The molecular weight excluding hydrogens is 155 g/mol. The lowest BCUT2D eigenvalue weighted by Gasteiger charge is -1.99. The second-order valence-electron chi connectivity index (χ2n) is 2.75. The van der Waals surface area contributed by atoms with Crippen molar-refractivity contribution in [2.75, 3.05) is 0 Å². The summed E-state index contributed by atoms with van der Waals surface area (Å²) < 4.78 is 12.4. The van der Waals surface area contributed by atoms with Crippen LogP contribution in [0.3, 0.4) is 0 Å². The van der Waals surface area contributed by atoms with Crippen LogP contribution in [-0.4, -0.2) is 12.0 Å². The van der Waals surface area contributed by atoms with E-state index in [0.29, 0.717) is 6.42 Å². The Morgan fingerprint density at radius 1 is 1.90 bits per heavy atom. The van der Waals surface area contributed by atoms with Crippen LogP contribution in [0.4, 0.5) is 4.39 Å². The predicted octanol–water partition coefficient (Wildman–Crippen LogP) is 2.06. The molecule has 0 spiro atoms. The van der Waals surface area contributed by atoms with E-state index in [4.69, 9.17) is 11.6 Å². The van der Waals surface area contributed by atoms with Gasteiger partial charge in [-0.1, -0.05) is 11.6 Å². The summed E-state index contributed by atoms with van der Waals surface area (Å²) in [6, 6.07) is 0. The van der Waals surface area contributed by atoms with Crippen LogP contribution >= 0.6 is 11.6 Å². The van der Waals surface area contributed by atoms with E-state index < -0.39 is 11.6 Å². The van der Waals surface area contributed by atoms with Crippen molar-refractivity contribution >= 4 is 17.4 Å². The Morgan fingerprint density at radius 2 is 2.40 bits per heavy atom. The number of hydrogen-bond donors (Lipinski definition) is 0. The van der Waals surface area contributed by atoms with Gasteiger partial charge in [0.05, 0.1) is 5.41 Å². The largest absolute Gasteiger partial charge is 0.294 e. The SMILES string of the molecule is CC1(C(=O)/C=C/Cl)CC1F. The molecule has 0 heterocycles. The zero-order valence-corrected chi connectivity index (χ0v) is 6.36. The number of halogens is 2. The summed E-state index contributed by atoms with van der Waals surface area (Å²) in [6.07, 6.45) is 0.585. The van der Waals surface area contributed by atoms with Crippen molar-refractivity contribution in [3.8, 4) is 0 Å². The number of carbonyl (C=O) groups excluding carboxylic acids is 1. The van der Waals surface area contributed by atoms with Crippen molar-refractivity contribution in [3.05, 3.63) is 11.6 Å². The Morgan fingerprint density at radius 3 is 2.70 bits per heavy atom. The molecule has 3 heteroatoms. The Labute approximate surface area is 63.9 Å². The monoisotopic (exact) mass is 162 g/mol. The van der Waals surface area contributed by atoms with Crippen LogP contribution in [0.1, 0.15) is 13.3 Å². The lowest BCUT2D eigenvalue weighted by atomic mass is 10.0. The molecule has 0 amide bonds. The highest BCUT2D eigenvalue weighted by molar-refractivity contribution is 6.27. The molecule has 1 aliphatic rings. The van der Waals surface area contributed by atoms with Crippen molar-refractivity contribution in [3.63, 3.8) is 0 Å². The molecule has 2 unspecified atom stereocenters. The van der Waals surface area contributed by atoms with E-state index in [1.165, 1.54) is 6.08 Å². The van der Waals surface area contributed by atoms with Crippen LogP contribution in [0, 0.1) is 5.41 Å². The van der Waals surface area contributed by atoms with Gasteiger partial charge < -0.3 is 0 Å². The van der Waals surface area contributed by atoms with E-state index in [-0.39, 0.29) is 5.78 Å². The van der Waals surface area contributed by atoms with Gasteiger partial charge in [0.25, 0.3) is 0 Å². The third-order valence-electron chi connectivity index (χ3n) is 1.91. The number of allylic oxidation sites excluding steroid dienone is 1. The molecule has 0 N–H and O–H groups in total. The molecule has 0 aromatic carbocycles. The van der Waals surface area contributed by atoms with Gasteiger partial charge in [-0.3, -0.25) is 4.79 Å². The maximum absolute atomic E-state index is 12.4. The third-order valence-corrected chi connectivity index (χ3v) is 2.04. The third kappa shape index (κ3) is 1.08. The minimum atomic E-state index is -0.965. The van der Waals surface area contributed by atoms with Gasteiger partial charge in [-0.25, -0.2) is 4.39 Å². The summed E-state index contributed by atoms with van der Waals surface area (Å²) in [4.78, 5) is 10.9. The highest BCUT2D eigenvalue weighted by atomic mass is 35.5. The van der Waals surface area contributed by atoms with Gasteiger partial charge in [0, 0.05) is 5.54 Å². The van der Waals surface area contributed by atoms with Gasteiger partial charge in [-0.15, -0.1) is 0 Å². The number of alkyl halides is 1. The fourth-order valence-electron chi connectivity index (χ4n) is 0.816. The quantitative estimate of drug-likeness (QED) is 0.568. The van der Waals surface area contributed by atoms with E-state index in [0.717, 1.165) is 5.54 Å². The van der Waals surface area contributed by atoms with E-state index in [1.807, 2.05) is 0 Å². The summed E-state index contributed by atoms with van der Waals surface area (Å²) in [5.41, 5.74) is 0.365. The molecule has 2 atom stereocenters. The lowest BCUT2D eigenvalue weighted by Crippen LogP contribution is -2.11. The van der Waals surface area contributed by atoms with Gasteiger partial charge in [-0.05, 0) is 19.4 Å². The molecule has 0 radical (unpaired) electrons. The predicted molar refractivity (Wildman–Crippen MR) is 37.6 cm³/mol. The number of ketones is 1. The lowest BCUT2D eigenvalue weighted by molar-refractivity contribution is -0.119. The van der Waals surface area contributed by atoms with Crippen molar-refractivity contribution in [1.29, 1.82) is 0 Å². The Kier molecular flexibility index (Phi) is 1.82. The van der Waals surface area contributed by atoms with E-state index in [1.54, 1.807) is 6.92 Å². The second kappa shape index (κ2) is 2.35. The van der Waals surface area contributed by atoms with Gasteiger partial charge in [-0.2, -0.15) is 0 Å². The van der Waals surface area contributed by atoms with Crippen LogP contribution in [-0.2, 0) is 4.79 Å². The number of rotatable bonds is 2. The minimum absolute atomic E-state index is 0.213. The normalized spacial score (nSPS) is 38.5. The van der Waals surface area contributed by atoms with Crippen LogP contribution in [0.15, 0.2) is 11.6 Å². The fourth-order valence-corrected chi connectivity index (χ4v) is 0.930. The topological polar surface area (TPSA) is 17.1 Å². The fraction of sp³-hybridized carbons (Fsp3) is 0.571. The molecule has 0 aromatic rings. The standard InChI is InChI=1S/C7H8ClFO/c1-7(4-5(7)9)6(10)2-3-8/h2-3,5H,4H2,1H3/b3-2+. The second-order valence-corrected chi connectivity index (χ2v) is 3.00. The zero-order chi connectivity index (χ0) is 7.78. The van der Waals surface area contributed by atoms with Crippen LogP contribution in [0.25, 0.3) is 0 Å². The molecule has 0 saturated heterocycles. The molecule has 1 aliphatic carbocycles. The molecule has 56 valence electrons. The van der Waals surface area contributed by atoms with E-state index >= 15 is 0 Å². The first-order valence-corrected chi connectivity index (χ1v) is 3.50. The summed E-state index contributed by atoms with van der Waals surface area (Å²) in [5, 5.41) is 0. The summed E-state index contributed by atoms with van der Waals surface area (Å²) in [6.45, 7) is 1.61. The van der Waals surface area contributed by atoms with Crippen molar-refractivity contribution in [2.24, 2.45) is 5.41 Å². The molecule has 10 heavy (non-hydrogen) atoms. The van der Waals surface area contributed by atoms with Crippen molar-refractivity contribution in [1.82, 2.24) is 0 Å². The first-order chi connectivity index (χ1) is 4.61. The highest BCUT2D eigenvalue weighted by Gasteiger charge is 2.55. The van der Waals surface area contributed by atoms with E-state index in [2.05, 4.69) is 0 Å². The van der Waals surface area contributed by atoms with Gasteiger partial charge in [0.15, 0.2) is 5.78 Å². The maximum atomic E-state index is 12.4. The van der Waals surface area contributed by atoms with Crippen molar-refractivity contribution < 1.29 is 9.18 Å². The van der Waals surface area contributed by atoms with E-state index in [9.17, 15) is 9.18 Å². The summed E-state index contributed by atoms with van der Waals surface area (Å²) in [7, 11) is 0. The molecule has 1 fully saturated rings. The van der Waals surface area contributed by atoms with Gasteiger partial charge in [0.1, 0.15) is 6.17 Å². The highest BCUT2D eigenvalue weighted by Crippen LogP contribution is 2.49. The van der Waals surface area contributed by atoms with Gasteiger partial charge in [0.2, 0.25) is 0 Å². The number of carbonyl (C=O) groups is 1. The Bertz CT molecular complexity index is 190. The molecule has 0 bridgehead atoms. The molecule has 1 nitrogen and oxygen atoms in total. The molecule has 1 rings (SSSR count). The Hall–Kier alpha value is -0.370. The first kappa shape index (κ1) is 7.73. The molecular formula is C7H8ClFO.